The Kier molecular flexibility index (Phi) is 4.59. The fourth-order valence-corrected chi connectivity index (χ4v) is 4.21. The predicted molar refractivity (Wildman–Crippen MR) is 76.8 cm³/mol. The van der Waals surface area contributed by atoms with Crippen LogP contribution in [-0.2, 0) is 14.8 Å². The third kappa shape index (κ3) is 2.79. The van der Waals surface area contributed by atoms with E-state index in [1.807, 2.05) is 13.8 Å². The van der Waals surface area contributed by atoms with Gasteiger partial charge in [0.15, 0.2) is 0 Å². The number of benzene rings is 1. The van der Waals surface area contributed by atoms with Crippen molar-refractivity contribution < 1.29 is 17.9 Å². The van der Waals surface area contributed by atoms with Gasteiger partial charge in [-0.05, 0) is 32.0 Å². The van der Waals surface area contributed by atoms with Crippen molar-refractivity contribution in [1.82, 2.24) is 4.31 Å². The molecule has 2 unspecified atom stereocenters. The van der Waals surface area contributed by atoms with Gasteiger partial charge in [0.25, 0.3) is 0 Å². The van der Waals surface area contributed by atoms with E-state index in [4.69, 9.17) is 21.1 Å². The monoisotopic (exact) mass is 319 g/mol. The summed E-state index contributed by atoms with van der Waals surface area (Å²) >= 11 is 6.01. The zero-order valence-electron chi connectivity index (χ0n) is 11.7. The summed E-state index contributed by atoms with van der Waals surface area (Å²) in [4.78, 5) is 0.171. The van der Waals surface area contributed by atoms with Gasteiger partial charge in [0, 0.05) is 12.6 Å². The molecule has 0 spiro atoms. The number of rotatable bonds is 3. The van der Waals surface area contributed by atoms with E-state index < -0.39 is 10.0 Å². The lowest BCUT2D eigenvalue weighted by Gasteiger charge is -2.36. The first-order valence-electron chi connectivity index (χ1n) is 6.35. The van der Waals surface area contributed by atoms with Gasteiger partial charge in [-0.3, -0.25) is 0 Å². The Morgan fingerprint density at radius 3 is 2.70 bits per heavy atom. The Morgan fingerprint density at radius 2 is 2.10 bits per heavy atom. The Morgan fingerprint density at radius 1 is 1.40 bits per heavy atom. The summed E-state index contributed by atoms with van der Waals surface area (Å²) in [6.07, 6.45) is -0.132. The normalized spacial score (nSPS) is 24.6. The lowest BCUT2D eigenvalue weighted by molar-refractivity contribution is -0.0232. The molecule has 0 aliphatic carbocycles. The van der Waals surface area contributed by atoms with Crippen LogP contribution < -0.4 is 4.74 Å². The van der Waals surface area contributed by atoms with Gasteiger partial charge in [-0.25, -0.2) is 8.42 Å². The summed E-state index contributed by atoms with van der Waals surface area (Å²) in [5.74, 6) is 0.453. The molecule has 0 saturated carbocycles. The molecule has 0 amide bonds. The van der Waals surface area contributed by atoms with Crippen molar-refractivity contribution >= 4 is 21.6 Å². The molecule has 2 rings (SSSR count). The van der Waals surface area contributed by atoms with Crippen molar-refractivity contribution in [3.05, 3.63) is 23.2 Å². The Bertz CT molecular complexity index is 590. The molecular weight excluding hydrogens is 302 g/mol. The number of hydrogen-bond acceptors (Lipinski definition) is 4. The van der Waals surface area contributed by atoms with Crippen LogP contribution in [0.15, 0.2) is 23.1 Å². The average Bonchev–Trinajstić information content (AvgIpc) is 2.41. The van der Waals surface area contributed by atoms with Crippen molar-refractivity contribution in [2.24, 2.45) is 0 Å². The summed E-state index contributed by atoms with van der Waals surface area (Å²) in [5.41, 5.74) is 0. The summed E-state index contributed by atoms with van der Waals surface area (Å²) in [6.45, 7) is 4.45. The van der Waals surface area contributed by atoms with Crippen LogP contribution in [0.3, 0.4) is 0 Å². The molecule has 1 aliphatic heterocycles. The Hall–Kier alpha value is -0.820. The molecule has 20 heavy (non-hydrogen) atoms. The maximum absolute atomic E-state index is 12.7. The van der Waals surface area contributed by atoms with Crippen LogP contribution in [0.5, 0.6) is 5.75 Å². The highest BCUT2D eigenvalue weighted by atomic mass is 35.5. The minimum absolute atomic E-state index is 0.132. The zero-order chi connectivity index (χ0) is 14.9. The van der Waals surface area contributed by atoms with E-state index in [2.05, 4.69) is 0 Å². The van der Waals surface area contributed by atoms with Gasteiger partial charge in [0.05, 0.1) is 29.7 Å². The van der Waals surface area contributed by atoms with Gasteiger partial charge in [-0.2, -0.15) is 4.31 Å². The first-order valence-corrected chi connectivity index (χ1v) is 8.16. The van der Waals surface area contributed by atoms with Crippen LogP contribution in [0.25, 0.3) is 0 Å². The second-order valence-corrected chi connectivity index (χ2v) is 7.03. The maximum Gasteiger partial charge on any atom is 0.243 e. The Labute approximate surface area is 124 Å². The molecule has 1 saturated heterocycles. The summed E-state index contributed by atoms with van der Waals surface area (Å²) in [6, 6.07) is 4.27. The van der Waals surface area contributed by atoms with Crippen molar-refractivity contribution in [2.75, 3.05) is 20.3 Å². The second kappa shape index (κ2) is 5.89. The molecule has 0 radical (unpaired) electrons. The summed E-state index contributed by atoms with van der Waals surface area (Å²) in [7, 11) is -2.09. The largest absolute Gasteiger partial charge is 0.495 e. The third-order valence-electron chi connectivity index (χ3n) is 3.56. The van der Waals surface area contributed by atoms with Crippen LogP contribution in [0, 0.1) is 0 Å². The highest BCUT2D eigenvalue weighted by molar-refractivity contribution is 7.89. The summed E-state index contributed by atoms with van der Waals surface area (Å²) in [5, 5.41) is 0.280. The topological polar surface area (TPSA) is 55.8 Å². The molecule has 112 valence electrons. The van der Waals surface area contributed by atoms with Crippen LogP contribution in [0.1, 0.15) is 13.8 Å². The second-order valence-electron chi connectivity index (χ2n) is 4.73. The maximum atomic E-state index is 12.7. The van der Waals surface area contributed by atoms with E-state index in [0.29, 0.717) is 18.9 Å². The molecule has 5 nitrogen and oxygen atoms in total. The molecule has 1 aromatic rings. The lowest BCUT2D eigenvalue weighted by atomic mass is 10.2. The Balaban J connectivity index is 2.37. The molecule has 1 fully saturated rings. The molecule has 0 N–H and O–H groups in total. The number of halogens is 1. The lowest BCUT2D eigenvalue weighted by Crippen LogP contribution is -2.51. The van der Waals surface area contributed by atoms with Crippen LogP contribution in [-0.4, -0.2) is 45.1 Å². The van der Waals surface area contributed by atoms with Gasteiger partial charge < -0.3 is 9.47 Å². The number of hydrogen-bond donors (Lipinski definition) is 0. The van der Waals surface area contributed by atoms with Gasteiger partial charge in [0.2, 0.25) is 10.0 Å². The van der Waals surface area contributed by atoms with Crippen molar-refractivity contribution in [3.8, 4) is 5.75 Å². The molecule has 1 aromatic carbocycles. The number of methoxy groups -OCH3 is 1. The fraction of sp³-hybridized carbons (Fsp3) is 0.538. The molecular formula is C13H18ClNO4S. The first-order chi connectivity index (χ1) is 9.37. The van der Waals surface area contributed by atoms with Gasteiger partial charge in [-0.15, -0.1) is 0 Å². The van der Waals surface area contributed by atoms with Gasteiger partial charge in [-0.1, -0.05) is 11.6 Å². The SMILES string of the molecule is COc1ccc(S(=O)(=O)N2CCOC(C)C2C)cc1Cl. The highest BCUT2D eigenvalue weighted by Gasteiger charge is 2.35. The third-order valence-corrected chi connectivity index (χ3v) is 5.83. The molecule has 0 bridgehead atoms. The van der Waals surface area contributed by atoms with E-state index in [1.165, 1.54) is 23.5 Å². The van der Waals surface area contributed by atoms with Crippen LogP contribution in [0.4, 0.5) is 0 Å². The van der Waals surface area contributed by atoms with Crippen LogP contribution >= 0.6 is 11.6 Å². The fourth-order valence-electron chi connectivity index (χ4n) is 2.19. The molecule has 2 atom stereocenters. The van der Waals surface area contributed by atoms with E-state index >= 15 is 0 Å². The highest BCUT2D eigenvalue weighted by Crippen LogP contribution is 2.30. The van der Waals surface area contributed by atoms with Gasteiger partial charge >= 0.3 is 0 Å². The quantitative estimate of drug-likeness (QED) is 0.856. The van der Waals surface area contributed by atoms with Crippen LogP contribution in [0.2, 0.25) is 5.02 Å². The van der Waals surface area contributed by atoms with E-state index in [0.717, 1.165) is 0 Å². The smallest absolute Gasteiger partial charge is 0.243 e. The number of nitrogens with zero attached hydrogens (tertiary/aromatic N) is 1. The van der Waals surface area contributed by atoms with Crippen molar-refractivity contribution in [1.29, 1.82) is 0 Å². The molecule has 1 heterocycles. The molecule has 7 heteroatoms. The molecule has 0 aromatic heterocycles. The van der Waals surface area contributed by atoms with E-state index in [1.54, 1.807) is 6.07 Å². The summed E-state index contributed by atoms with van der Waals surface area (Å²) < 4.78 is 37.3. The minimum atomic E-state index is -3.58. The van der Waals surface area contributed by atoms with E-state index in [9.17, 15) is 8.42 Å². The number of sulfonamides is 1. The average molecular weight is 320 g/mol. The van der Waals surface area contributed by atoms with Crippen molar-refractivity contribution in [2.45, 2.75) is 30.9 Å². The minimum Gasteiger partial charge on any atom is -0.495 e. The predicted octanol–water partition coefficient (Wildman–Crippen LogP) is 2.15. The van der Waals surface area contributed by atoms with Gasteiger partial charge in [0.1, 0.15) is 5.75 Å². The first kappa shape index (κ1) is 15.6. The number of ether oxygens (including phenoxy) is 2. The number of morpholine rings is 1. The van der Waals surface area contributed by atoms with E-state index in [-0.39, 0.29) is 22.1 Å². The van der Waals surface area contributed by atoms with Crippen molar-refractivity contribution in [3.63, 3.8) is 0 Å². The zero-order valence-corrected chi connectivity index (χ0v) is 13.2. The molecule has 1 aliphatic rings. The standard InChI is InChI=1S/C13H18ClNO4S/c1-9-10(2)19-7-6-15(9)20(16,17)11-4-5-13(18-3)12(14)8-11/h4-5,8-10H,6-7H2,1-3H3.